The minimum absolute atomic E-state index is 0.634. The van der Waals surface area contributed by atoms with E-state index in [1.165, 1.54) is 6.08 Å². The number of carboxylic acids is 1. The summed E-state index contributed by atoms with van der Waals surface area (Å²) in [6.45, 7) is 3.21. The summed E-state index contributed by atoms with van der Waals surface area (Å²) in [4.78, 5) is 12.5. The van der Waals surface area contributed by atoms with Crippen LogP contribution in [0, 0.1) is 0 Å². The Morgan fingerprint density at radius 2 is 2.00 bits per heavy atom. The van der Waals surface area contributed by atoms with E-state index in [-0.39, 0.29) is 0 Å². The van der Waals surface area contributed by atoms with Gasteiger partial charge in [0.05, 0.1) is 0 Å². The highest BCUT2D eigenvalue weighted by Gasteiger charge is 2.02. The molecule has 1 aromatic carbocycles. The molecule has 0 radical (unpaired) electrons. The van der Waals surface area contributed by atoms with Crippen LogP contribution < -0.4 is 0 Å². The van der Waals surface area contributed by atoms with Crippen LogP contribution in [0.25, 0.3) is 0 Å². The Kier molecular flexibility index (Phi) is 5.19. The van der Waals surface area contributed by atoms with E-state index < -0.39 is 5.97 Å². The average Bonchev–Trinajstić information content (AvgIpc) is 2.19. The lowest BCUT2D eigenvalue weighted by Gasteiger charge is -2.16. The van der Waals surface area contributed by atoms with E-state index >= 15 is 0 Å². The maximum absolute atomic E-state index is 10.5. The maximum atomic E-state index is 10.5. The Labute approximate surface area is 106 Å². The molecule has 92 valence electrons. The highest BCUT2D eigenvalue weighted by atomic mass is 35.5. The van der Waals surface area contributed by atoms with Gasteiger partial charge in [-0.1, -0.05) is 29.3 Å². The van der Waals surface area contributed by atoms with Gasteiger partial charge in [0.2, 0.25) is 0 Å². The molecule has 0 aliphatic carbocycles. The van der Waals surface area contributed by atoms with E-state index in [4.69, 9.17) is 16.7 Å². The molecule has 4 heteroatoms. The van der Waals surface area contributed by atoms with E-state index in [1.807, 2.05) is 38.2 Å². The highest BCUT2D eigenvalue weighted by molar-refractivity contribution is 6.30. The standard InChI is InChI=1S/C13H16ClNO2/c1-10(7-13(16)17)8-15(2)9-11-3-5-12(14)6-4-11/h3-7H,8-9H2,1-2H3,(H,16,17). The number of nitrogens with zero attached hydrogens (tertiary/aromatic N) is 1. The molecule has 1 N–H and O–H groups in total. The van der Waals surface area contributed by atoms with Crippen LogP contribution >= 0.6 is 11.6 Å². The van der Waals surface area contributed by atoms with Gasteiger partial charge in [-0.2, -0.15) is 0 Å². The van der Waals surface area contributed by atoms with Crippen LogP contribution in [0.3, 0.4) is 0 Å². The van der Waals surface area contributed by atoms with Crippen molar-refractivity contribution in [2.45, 2.75) is 13.5 Å². The third kappa shape index (κ3) is 5.52. The summed E-state index contributed by atoms with van der Waals surface area (Å²) in [7, 11) is 1.95. The smallest absolute Gasteiger partial charge is 0.328 e. The predicted molar refractivity (Wildman–Crippen MR) is 69.2 cm³/mol. The molecule has 0 aromatic heterocycles. The third-order valence-electron chi connectivity index (χ3n) is 2.25. The summed E-state index contributed by atoms with van der Waals surface area (Å²) in [5, 5.41) is 9.33. The fourth-order valence-corrected chi connectivity index (χ4v) is 1.77. The number of carbonyl (C=O) groups is 1. The fourth-order valence-electron chi connectivity index (χ4n) is 1.64. The Hall–Kier alpha value is -1.32. The molecule has 0 aliphatic heterocycles. The van der Waals surface area contributed by atoms with Crippen molar-refractivity contribution in [3.8, 4) is 0 Å². The van der Waals surface area contributed by atoms with Crippen molar-refractivity contribution in [3.63, 3.8) is 0 Å². The first-order chi connectivity index (χ1) is 7.97. The molecule has 0 aliphatic rings. The van der Waals surface area contributed by atoms with Crippen LogP contribution in [0.2, 0.25) is 5.02 Å². The van der Waals surface area contributed by atoms with Crippen LogP contribution in [0.15, 0.2) is 35.9 Å². The van der Waals surface area contributed by atoms with Crippen LogP contribution in [0.5, 0.6) is 0 Å². The Morgan fingerprint density at radius 1 is 1.41 bits per heavy atom. The van der Waals surface area contributed by atoms with Crippen LogP contribution in [-0.2, 0) is 11.3 Å². The van der Waals surface area contributed by atoms with Gasteiger partial charge in [0.1, 0.15) is 0 Å². The topological polar surface area (TPSA) is 40.5 Å². The minimum Gasteiger partial charge on any atom is -0.478 e. The molecule has 0 saturated heterocycles. The Balaban J connectivity index is 2.52. The van der Waals surface area contributed by atoms with Crippen molar-refractivity contribution in [1.29, 1.82) is 0 Å². The molecule has 1 aromatic rings. The molecule has 0 fully saturated rings. The molecule has 3 nitrogen and oxygen atoms in total. The van der Waals surface area contributed by atoms with E-state index in [2.05, 4.69) is 4.90 Å². The van der Waals surface area contributed by atoms with Crippen molar-refractivity contribution in [2.24, 2.45) is 0 Å². The summed E-state index contributed by atoms with van der Waals surface area (Å²) in [6, 6.07) is 7.64. The zero-order chi connectivity index (χ0) is 12.8. The summed E-state index contributed by atoms with van der Waals surface area (Å²) < 4.78 is 0. The molecule has 0 bridgehead atoms. The van der Waals surface area contributed by atoms with E-state index in [9.17, 15) is 4.79 Å². The first-order valence-electron chi connectivity index (χ1n) is 5.30. The largest absolute Gasteiger partial charge is 0.478 e. The fraction of sp³-hybridized carbons (Fsp3) is 0.308. The molecule has 0 amide bonds. The first-order valence-corrected chi connectivity index (χ1v) is 5.68. The molecule has 0 unspecified atom stereocenters. The average molecular weight is 254 g/mol. The number of likely N-dealkylation sites (N-methyl/N-ethyl adjacent to an activating group) is 1. The molecule has 17 heavy (non-hydrogen) atoms. The summed E-state index contributed by atoms with van der Waals surface area (Å²) in [6.07, 6.45) is 1.23. The van der Waals surface area contributed by atoms with E-state index in [1.54, 1.807) is 0 Å². The van der Waals surface area contributed by atoms with Gasteiger partial charge in [-0.15, -0.1) is 0 Å². The second kappa shape index (κ2) is 6.42. The SMILES string of the molecule is CC(=CC(=O)O)CN(C)Cc1ccc(Cl)cc1. The van der Waals surface area contributed by atoms with Gasteiger partial charge in [0, 0.05) is 24.2 Å². The van der Waals surface area contributed by atoms with Crippen LogP contribution in [-0.4, -0.2) is 29.6 Å². The maximum Gasteiger partial charge on any atom is 0.328 e. The lowest BCUT2D eigenvalue weighted by atomic mass is 10.2. The molecule has 0 heterocycles. The van der Waals surface area contributed by atoms with Crippen LogP contribution in [0.4, 0.5) is 0 Å². The monoisotopic (exact) mass is 253 g/mol. The second-order valence-electron chi connectivity index (χ2n) is 4.13. The quantitative estimate of drug-likeness (QED) is 0.821. The summed E-state index contributed by atoms with van der Waals surface area (Å²) >= 11 is 5.80. The molecular formula is C13H16ClNO2. The Bertz CT molecular complexity index is 412. The highest BCUT2D eigenvalue weighted by Crippen LogP contribution is 2.11. The molecule has 1 rings (SSSR count). The first kappa shape index (κ1) is 13.7. The van der Waals surface area contributed by atoms with Gasteiger partial charge < -0.3 is 5.11 Å². The van der Waals surface area contributed by atoms with Gasteiger partial charge in [-0.3, -0.25) is 4.90 Å². The second-order valence-corrected chi connectivity index (χ2v) is 4.56. The zero-order valence-electron chi connectivity index (χ0n) is 9.98. The Morgan fingerprint density at radius 3 is 2.53 bits per heavy atom. The van der Waals surface area contributed by atoms with Crippen LogP contribution in [0.1, 0.15) is 12.5 Å². The number of aliphatic carboxylic acids is 1. The van der Waals surface area contributed by atoms with Gasteiger partial charge in [-0.25, -0.2) is 4.79 Å². The number of benzene rings is 1. The number of halogens is 1. The van der Waals surface area contributed by atoms with E-state index in [0.717, 1.165) is 22.7 Å². The molecule has 0 atom stereocenters. The summed E-state index contributed by atoms with van der Waals surface area (Å²) in [5.41, 5.74) is 1.98. The molecule has 0 saturated carbocycles. The van der Waals surface area contributed by atoms with Crippen molar-refractivity contribution in [1.82, 2.24) is 4.90 Å². The van der Waals surface area contributed by atoms with Gasteiger partial charge in [-0.05, 0) is 31.7 Å². The zero-order valence-corrected chi connectivity index (χ0v) is 10.7. The molecular weight excluding hydrogens is 238 g/mol. The number of hydrogen-bond donors (Lipinski definition) is 1. The normalized spacial score (nSPS) is 11.9. The van der Waals surface area contributed by atoms with Crippen molar-refractivity contribution < 1.29 is 9.90 Å². The summed E-state index contributed by atoms with van der Waals surface area (Å²) in [5.74, 6) is -0.901. The van der Waals surface area contributed by atoms with Gasteiger partial charge in [0.25, 0.3) is 0 Å². The molecule has 0 spiro atoms. The third-order valence-corrected chi connectivity index (χ3v) is 2.51. The van der Waals surface area contributed by atoms with Crippen molar-refractivity contribution in [3.05, 3.63) is 46.5 Å². The van der Waals surface area contributed by atoms with Crippen molar-refractivity contribution in [2.75, 3.05) is 13.6 Å². The lowest BCUT2D eigenvalue weighted by molar-refractivity contribution is -0.131. The predicted octanol–water partition coefficient (Wildman–Crippen LogP) is 2.80. The number of hydrogen-bond acceptors (Lipinski definition) is 2. The van der Waals surface area contributed by atoms with Crippen molar-refractivity contribution >= 4 is 17.6 Å². The lowest BCUT2D eigenvalue weighted by Crippen LogP contribution is -2.20. The minimum atomic E-state index is -0.901. The van der Waals surface area contributed by atoms with E-state index in [0.29, 0.717) is 6.54 Å². The number of rotatable bonds is 5. The van der Waals surface area contributed by atoms with Gasteiger partial charge >= 0.3 is 5.97 Å². The number of carboxylic acid groups (broad SMARTS) is 1. The van der Waals surface area contributed by atoms with Gasteiger partial charge in [0.15, 0.2) is 0 Å².